The van der Waals surface area contributed by atoms with E-state index < -0.39 is 8.32 Å². The zero-order valence-electron chi connectivity index (χ0n) is 28.3. The van der Waals surface area contributed by atoms with Crippen molar-refractivity contribution in [2.45, 2.75) is 91.0 Å². The second-order valence-corrected chi connectivity index (χ2v) is 18.9. The Hall–Kier alpha value is -3.48. The summed E-state index contributed by atoms with van der Waals surface area (Å²) in [6, 6.07) is 4.54. The summed E-state index contributed by atoms with van der Waals surface area (Å²) in [6.07, 6.45) is 6.82. The number of aryl methyl sites for hydroxylation is 2. The monoisotopic (exact) mass is 632 g/mol. The number of rotatable bonds is 9. The van der Waals surface area contributed by atoms with E-state index in [0.29, 0.717) is 25.0 Å². The minimum Gasteiger partial charge on any atom is -0.496 e. The molecule has 12 heteroatoms. The van der Waals surface area contributed by atoms with Gasteiger partial charge in [-0.25, -0.2) is 9.67 Å². The first-order chi connectivity index (χ1) is 21.4. The van der Waals surface area contributed by atoms with Crippen molar-refractivity contribution in [1.29, 1.82) is 0 Å². The molecular weight excluding hydrogens is 585 g/mol. The molecule has 242 valence electrons. The topological polar surface area (TPSA) is 104 Å². The van der Waals surface area contributed by atoms with E-state index in [9.17, 15) is 0 Å². The molecule has 5 heterocycles. The fourth-order valence-electron chi connectivity index (χ4n) is 6.04. The number of aromatic nitrogens is 6. The summed E-state index contributed by atoms with van der Waals surface area (Å²) >= 11 is 0. The molecule has 2 aliphatic heterocycles. The van der Waals surface area contributed by atoms with Crippen molar-refractivity contribution in [3.05, 3.63) is 41.5 Å². The molecular formula is C33H48N8O3Si. The van der Waals surface area contributed by atoms with Crippen LogP contribution in [0.4, 0.5) is 17.6 Å². The van der Waals surface area contributed by atoms with E-state index in [1.165, 1.54) is 0 Å². The van der Waals surface area contributed by atoms with E-state index in [4.69, 9.17) is 29.0 Å². The molecule has 6 rings (SSSR count). The minimum absolute atomic E-state index is 0.145. The van der Waals surface area contributed by atoms with Crippen molar-refractivity contribution in [3.8, 4) is 11.4 Å². The molecule has 3 aromatic heterocycles. The van der Waals surface area contributed by atoms with Gasteiger partial charge in [0, 0.05) is 19.2 Å². The largest absolute Gasteiger partial charge is 0.496 e. The smallest absolute Gasteiger partial charge is 0.232 e. The first kappa shape index (κ1) is 31.5. The van der Waals surface area contributed by atoms with Gasteiger partial charge in [-0.3, -0.25) is 0 Å². The van der Waals surface area contributed by atoms with Crippen LogP contribution in [0.1, 0.15) is 62.9 Å². The van der Waals surface area contributed by atoms with Gasteiger partial charge in [-0.2, -0.15) is 15.1 Å². The second kappa shape index (κ2) is 12.0. The fraction of sp³-hybridized carbons (Fsp3) is 0.576. The van der Waals surface area contributed by atoms with Gasteiger partial charge in [0.25, 0.3) is 0 Å². The molecule has 11 nitrogen and oxygen atoms in total. The summed E-state index contributed by atoms with van der Waals surface area (Å²) < 4.78 is 22.1. The summed E-state index contributed by atoms with van der Waals surface area (Å²) in [5.41, 5.74) is 5.02. The number of methoxy groups -OCH3 is 1. The van der Waals surface area contributed by atoms with Gasteiger partial charge in [0.15, 0.2) is 19.8 Å². The predicted octanol–water partition coefficient (Wildman–Crippen LogP) is 6.64. The number of benzene rings is 1. The summed E-state index contributed by atoms with van der Waals surface area (Å²) in [4.78, 5) is 17.3. The molecule has 2 fully saturated rings. The van der Waals surface area contributed by atoms with E-state index in [1.807, 2.05) is 21.5 Å². The lowest BCUT2D eigenvalue weighted by atomic mass is 10.1. The van der Waals surface area contributed by atoms with Gasteiger partial charge >= 0.3 is 0 Å². The summed E-state index contributed by atoms with van der Waals surface area (Å²) in [5.74, 6) is 2.91. The molecule has 1 N–H and O–H groups in total. The molecule has 0 saturated carbocycles. The van der Waals surface area contributed by atoms with Crippen molar-refractivity contribution in [1.82, 2.24) is 29.3 Å². The van der Waals surface area contributed by atoms with Crippen LogP contribution in [0, 0.1) is 20.8 Å². The zero-order chi connectivity index (χ0) is 32.1. The first-order valence-electron chi connectivity index (χ1n) is 16.1. The lowest BCUT2D eigenvalue weighted by Gasteiger charge is -2.38. The van der Waals surface area contributed by atoms with E-state index >= 15 is 0 Å². The van der Waals surface area contributed by atoms with E-state index in [-0.39, 0.29) is 17.1 Å². The quantitative estimate of drug-likeness (QED) is 0.203. The van der Waals surface area contributed by atoms with Crippen LogP contribution in [-0.2, 0) is 9.16 Å². The molecule has 0 bridgehead atoms. The highest BCUT2D eigenvalue weighted by Crippen LogP contribution is 2.39. The predicted molar refractivity (Wildman–Crippen MR) is 181 cm³/mol. The Balaban J connectivity index is 1.36. The maximum absolute atomic E-state index is 6.74. The summed E-state index contributed by atoms with van der Waals surface area (Å²) in [7, 11) is -0.202. The average Bonchev–Trinajstić information content (AvgIpc) is 3.80. The number of imidazole rings is 1. The van der Waals surface area contributed by atoms with Crippen molar-refractivity contribution in [2.24, 2.45) is 0 Å². The second-order valence-electron chi connectivity index (χ2n) is 14.1. The van der Waals surface area contributed by atoms with Gasteiger partial charge in [0.05, 0.1) is 55.4 Å². The molecule has 1 aromatic carbocycles. The van der Waals surface area contributed by atoms with Gasteiger partial charge in [-0.05, 0) is 75.4 Å². The molecule has 0 amide bonds. The van der Waals surface area contributed by atoms with Gasteiger partial charge in [-0.1, -0.05) is 20.8 Å². The highest BCUT2D eigenvalue weighted by atomic mass is 28.4. The third kappa shape index (κ3) is 6.07. The molecule has 0 aliphatic carbocycles. The number of nitrogens with zero attached hydrogens (tertiary/aromatic N) is 7. The maximum atomic E-state index is 6.74. The Labute approximate surface area is 267 Å². The molecule has 1 unspecified atom stereocenters. The molecule has 4 aromatic rings. The molecule has 2 atom stereocenters. The van der Waals surface area contributed by atoms with Crippen LogP contribution in [-0.4, -0.2) is 77.1 Å². The lowest BCUT2D eigenvalue weighted by Crippen LogP contribution is -2.45. The standard InChI is InChI=1S/C33H48N8O3Si/c1-21-15-26(16-27(42-7)22(21)2)39-17-28(34-20-39)35-32-36-30(29-23(3)38-41(31(29)37-32)25-12-14-43-18-25)40-13-10-11-24(40)19-44-45(8,9)33(4,5)6/h15-17,20,24-25H,10-14,18-19H2,1-9H3,(H,35,36,37)/t24-,25?/m0/s1. The van der Waals surface area contributed by atoms with E-state index in [1.54, 1.807) is 13.4 Å². The lowest BCUT2D eigenvalue weighted by molar-refractivity contribution is 0.185. The Morgan fingerprint density at radius 2 is 1.91 bits per heavy atom. The van der Waals surface area contributed by atoms with Crippen LogP contribution in [0.3, 0.4) is 0 Å². The highest BCUT2D eigenvalue weighted by molar-refractivity contribution is 6.74. The number of ether oxygens (including phenoxy) is 2. The normalized spacial score (nSPS) is 19.2. The van der Waals surface area contributed by atoms with Crippen molar-refractivity contribution in [2.75, 3.05) is 43.7 Å². The number of hydrogen-bond acceptors (Lipinski definition) is 9. The Kier molecular flexibility index (Phi) is 8.42. The molecule has 0 radical (unpaired) electrons. The number of hydrogen-bond donors (Lipinski definition) is 1. The molecule has 0 spiro atoms. The number of anilines is 3. The zero-order valence-corrected chi connectivity index (χ0v) is 29.3. The van der Waals surface area contributed by atoms with Crippen molar-refractivity contribution in [3.63, 3.8) is 0 Å². The van der Waals surface area contributed by atoms with E-state index in [0.717, 1.165) is 77.5 Å². The molecule has 2 aliphatic rings. The van der Waals surface area contributed by atoms with E-state index in [2.05, 4.69) is 75.9 Å². The first-order valence-corrected chi connectivity index (χ1v) is 19.0. The van der Waals surface area contributed by atoms with Crippen LogP contribution in [0.25, 0.3) is 16.7 Å². The Morgan fingerprint density at radius 1 is 1.11 bits per heavy atom. The Bertz CT molecular complexity index is 1690. The third-order valence-electron chi connectivity index (χ3n) is 10.00. The van der Waals surface area contributed by atoms with Crippen molar-refractivity contribution < 1.29 is 13.9 Å². The molecule has 2 saturated heterocycles. The fourth-order valence-corrected chi connectivity index (χ4v) is 7.08. The minimum atomic E-state index is -1.90. The van der Waals surface area contributed by atoms with Crippen LogP contribution >= 0.6 is 0 Å². The summed E-state index contributed by atoms with van der Waals surface area (Å²) in [6.45, 7) is 20.7. The van der Waals surface area contributed by atoms with Gasteiger partial charge in [0.2, 0.25) is 5.95 Å². The SMILES string of the molecule is COc1cc(-n2cnc(Nc3nc(N4CCC[C@H]4CO[Si](C)(C)C(C)(C)C)c4c(C)nn(C5CCOC5)c4n3)c2)cc(C)c1C. The maximum Gasteiger partial charge on any atom is 0.232 e. The van der Waals surface area contributed by atoms with Gasteiger partial charge in [0.1, 0.15) is 17.9 Å². The van der Waals surface area contributed by atoms with Gasteiger partial charge < -0.3 is 28.7 Å². The van der Waals surface area contributed by atoms with Crippen LogP contribution < -0.4 is 15.0 Å². The van der Waals surface area contributed by atoms with Crippen LogP contribution in [0.2, 0.25) is 18.1 Å². The number of fused-ring (bicyclic) bond motifs is 1. The number of nitrogens with one attached hydrogen (secondary N) is 1. The third-order valence-corrected chi connectivity index (χ3v) is 14.5. The van der Waals surface area contributed by atoms with Crippen LogP contribution in [0.15, 0.2) is 24.7 Å². The summed E-state index contributed by atoms with van der Waals surface area (Å²) in [5, 5.41) is 9.56. The van der Waals surface area contributed by atoms with Crippen molar-refractivity contribution >= 4 is 36.9 Å². The van der Waals surface area contributed by atoms with Crippen LogP contribution in [0.5, 0.6) is 5.75 Å². The Morgan fingerprint density at radius 3 is 2.62 bits per heavy atom. The average molecular weight is 633 g/mol. The van der Waals surface area contributed by atoms with Gasteiger partial charge in [-0.15, -0.1) is 0 Å². The highest BCUT2D eigenvalue weighted by Gasteiger charge is 2.39. The molecule has 45 heavy (non-hydrogen) atoms.